The predicted octanol–water partition coefficient (Wildman–Crippen LogP) is -0.366. The van der Waals surface area contributed by atoms with Crippen LogP contribution in [0.2, 0.25) is 0 Å². The van der Waals surface area contributed by atoms with Crippen LogP contribution < -0.4 is 11.1 Å². The van der Waals surface area contributed by atoms with Crippen LogP contribution in [-0.2, 0) is 9.59 Å². The van der Waals surface area contributed by atoms with Crippen LogP contribution in [0.15, 0.2) is 0 Å². The highest BCUT2D eigenvalue weighted by Crippen LogP contribution is 1.68. The van der Waals surface area contributed by atoms with Crippen LogP contribution in [0.25, 0.3) is 0 Å². The van der Waals surface area contributed by atoms with E-state index in [9.17, 15) is 9.59 Å². The van der Waals surface area contributed by atoms with E-state index in [1.54, 1.807) is 7.05 Å². The second-order valence-corrected chi connectivity index (χ2v) is 1.64. The lowest BCUT2D eigenvalue weighted by Gasteiger charge is -1.87. The maximum Gasteiger partial charge on any atom is 0.219 e. The molecule has 3 N–H and O–H groups in total. The van der Waals surface area contributed by atoms with Crippen molar-refractivity contribution in [2.45, 2.75) is 20.3 Å². The quantitative estimate of drug-likeness (QED) is 0.530. The fourth-order valence-corrected chi connectivity index (χ4v) is 0.177. The van der Waals surface area contributed by atoms with Crippen LogP contribution in [-0.4, -0.2) is 18.9 Å². The minimum atomic E-state index is -0.333. The van der Waals surface area contributed by atoms with Crippen LogP contribution in [0.4, 0.5) is 0 Å². The third kappa shape index (κ3) is 28.3. The Morgan fingerprint density at radius 1 is 1.50 bits per heavy atom. The number of rotatable bonds is 1. The van der Waals surface area contributed by atoms with E-state index in [0.717, 1.165) is 0 Å². The van der Waals surface area contributed by atoms with Gasteiger partial charge in [0.2, 0.25) is 11.8 Å². The molecule has 0 aromatic carbocycles. The monoisotopic (exact) mass is 146 g/mol. The lowest BCUT2D eigenvalue weighted by atomic mass is 10.5. The van der Waals surface area contributed by atoms with Gasteiger partial charge in [0.25, 0.3) is 0 Å². The van der Waals surface area contributed by atoms with Gasteiger partial charge in [0.05, 0.1) is 0 Å². The van der Waals surface area contributed by atoms with Gasteiger partial charge in [-0.3, -0.25) is 9.59 Å². The molecule has 0 rings (SSSR count). The second kappa shape index (κ2) is 7.94. The van der Waals surface area contributed by atoms with Crippen LogP contribution in [0, 0.1) is 0 Å². The Morgan fingerprint density at radius 3 is 1.80 bits per heavy atom. The first kappa shape index (κ1) is 11.7. The molecule has 0 saturated carbocycles. The second-order valence-electron chi connectivity index (χ2n) is 1.64. The van der Waals surface area contributed by atoms with Gasteiger partial charge in [0.15, 0.2) is 0 Å². The molecule has 0 radical (unpaired) electrons. The molecular weight excluding hydrogens is 132 g/mol. The maximum absolute atomic E-state index is 10.1. The van der Waals surface area contributed by atoms with E-state index >= 15 is 0 Å². The Balaban J connectivity index is 0. The van der Waals surface area contributed by atoms with Gasteiger partial charge in [-0.25, -0.2) is 0 Å². The molecule has 10 heavy (non-hydrogen) atoms. The molecule has 0 atom stereocenters. The molecule has 0 fully saturated rings. The van der Waals surface area contributed by atoms with E-state index in [1.165, 1.54) is 6.92 Å². The molecule has 0 saturated heterocycles. The SMILES string of the molecule is CC(N)=O.CCC(=O)NC. The lowest BCUT2D eigenvalue weighted by molar-refractivity contribution is -0.120. The van der Waals surface area contributed by atoms with Crippen molar-refractivity contribution in [2.75, 3.05) is 7.05 Å². The zero-order chi connectivity index (χ0) is 8.57. The first-order valence-corrected chi connectivity index (χ1v) is 3.01. The number of carbonyl (C=O) groups excluding carboxylic acids is 2. The Labute approximate surface area is 60.8 Å². The molecule has 0 heterocycles. The number of amides is 2. The smallest absolute Gasteiger partial charge is 0.219 e. The number of primary amides is 1. The zero-order valence-corrected chi connectivity index (χ0v) is 6.60. The van der Waals surface area contributed by atoms with Crippen molar-refractivity contribution in [3.8, 4) is 0 Å². The number of carbonyl (C=O) groups is 2. The van der Waals surface area contributed by atoms with Crippen LogP contribution in [0.5, 0.6) is 0 Å². The van der Waals surface area contributed by atoms with E-state index in [-0.39, 0.29) is 11.8 Å². The predicted molar refractivity (Wildman–Crippen MR) is 39.2 cm³/mol. The third-order valence-electron chi connectivity index (χ3n) is 0.600. The molecule has 4 nitrogen and oxygen atoms in total. The molecule has 2 amide bonds. The summed E-state index contributed by atoms with van der Waals surface area (Å²) < 4.78 is 0. The molecule has 0 spiro atoms. The first-order valence-electron chi connectivity index (χ1n) is 3.01. The number of hydrogen-bond donors (Lipinski definition) is 2. The van der Waals surface area contributed by atoms with Crippen LogP contribution >= 0.6 is 0 Å². The van der Waals surface area contributed by atoms with Crippen molar-refractivity contribution in [3.63, 3.8) is 0 Å². The maximum atomic E-state index is 10.1. The van der Waals surface area contributed by atoms with Crippen LogP contribution in [0.1, 0.15) is 20.3 Å². The Kier molecular flexibility index (Phi) is 9.29. The molecule has 0 aliphatic rings. The molecule has 4 heteroatoms. The number of nitrogens with one attached hydrogen (secondary N) is 1. The Morgan fingerprint density at radius 2 is 1.80 bits per heavy atom. The minimum Gasteiger partial charge on any atom is -0.370 e. The van der Waals surface area contributed by atoms with Crippen molar-refractivity contribution >= 4 is 11.8 Å². The summed E-state index contributed by atoms with van der Waals surface area (Å²) >= 11 is 0. The zero-order valence-electron chi connectivity index (χ0n) is 6.60. The summed E-state index contributed by atoms with van der Waals surface area (Å²) in [5.41, 5.74) is 4.47. The van der Waals surface area contributed by atoms with E-state index in [1.807, 2.05) is 6.92 Å². The Bertz CT molecular complexity index is 102. The molecule has 0 aromatic heterocycles. The molecule has 0 aliphatic carbocycles. The topological polar surface area (TPSA) is 72.2 Å². The fraction of sp³-hybridized carbons (Fsp3) is 0.667. The van der Waals surface area contributed by atoms with Crippen molar-refractivity contribution in [3.05, 3.63) is 0 Å². The molecule has 60 valence electrons. The van der Waals surface area contributed by atoms with Gasteiger partial charge in [-0.05, 0) is 0 Å². The standard InChI is InChI=1S/C4H9NO.C2H5NO/c1-3-4(6)5-2;1-2(3)4/h3H2,1-2H3,(H,5,6);1H3,(H2,3,4). The van der Waals surface area contributed by atoms with Gasteiger partial charge in [-0.15, -0.1) is 0 Å². The molecule has 0 aromatic rings. The largest absolute Gasteiger partial charge is 0.370 e. The van der Waals surface area contributed by atoms with E-state index < -0.39 is 0 Å². The van der Waals surface area contributed by atoms with E-state index in [0.29, 0.717) is 6.42 Å². The summed E-state index contributed by atoms with van der Waals surface area (Å²) in [6.45, 7) is 3.12. The van der Waals surface area contributed by atoms with Crippen molar-refractivity contribution in [2.24, 2.45) is 5.73 Å². The van der Waals surface area contributed by atoms with Crippen molar-refractivity contribution < 1.29 is 9.59 Å². The van der Waals surface area contributed by atoms with Gasteiger partial charge < -0.3 is 11.1 Å². The highest BCUT2D eigenvalue weighted by Gasteiger charge is 1.84. The molecule has 0 unspecified atom stereocenters. The fourth-order valence-electron chi connectivity index (χ4n) is 0.177. The van der Waals surface area contributed by atoms with Crippen molar-refractivity contribution in [1.82, 2.24) is 5.32 Å². The highest BCUT2D eigenvalue weighted by molar-refractivity contribution is 5.74. The average molecular weight is 146 g/mol. The number of hydrogen-bond acceptors (Lipinski definition) is 2. The number of nitrogens with two attached hydrogens (primary N) is 1. The van der Waals surface area contributed by atoms with Gasteiger partial charge in [-0.2, -0.15) is 0 Å². The van der Waals surface area contributed by atoms with Crippen molar-refractivity contribution in [1.29, 1.82) is 0 Å². The summed E-state index contributed by atoms with van der Waals surface area (Å²) in [5.74, 6) is -0.241. The van der Waals surface area contributed by atoms with Crippen LogP contribution in [0.3, 0.4) is 0 Å². The molecule has 0 bridgehead atoms. The highest BCUT2D eigenvalue weighted by atomic mass is 16.1. The summed E-state index contributed by atoms with van der Waals surface area (Å²) in [4.78, 5) is 19.3. The minimum absolute atomic E-state index is 0.0926. The summed E-state index contributed by atoms with van der Waals surface area (Å²) in [5, 5.41) is 2.48. The van der Waals surface area contributed by atoms with E-state index in [4.69, 9.17) is 0 Å². The summed E-state index contributed by atoms with van der Waals surface area (Å²) in [6.07, 6.45) is 0.580. The van der Waals surface area contributed by atoms with Gasteiger partial charge in [0.1, 0.15) is 0 Å². The van der Waals surface area contributed by atoms with E-state index in [2.05, 4.69) is 11.1 Å². The third-order valence-corrected chi connectivity index (χ3v) is 0.600. The summed E-state index contributed by atoms with van der Waals surface area (Å²) in [6, 6.07) is 0. The van der Waals surface area contributed by atoms with Gasteiger partial charge in [0, 0.05) is 20.4 Å². The average Bonchev–Trinajstić information content (AvgIpc) is 1.85. The Hall–Kier alpha value is -1.06. The lowest BCUT2D eigenvalue weighted by Crippen LogP contribution is -2.15. The van der Waals surface area contributed by atoms with Gasteiger partial charge >= 0.3 is 0 Å². The summed E-state index contributed by atoms with van der Waals surface area (Å²) in [7, 11) is 1.63. The van der Waals surface area contributed by atoms with Gasteiger partial charge in [-0.1, -0.05) is 6.92 Å². The molecular formula is C6H14N2O2. The first-order chi connectivity index (χ1) is 4.54. The normalized spacial score (nSPS) is 7.10. The molecule has 0 aliphatic heterocycles.